The van der Waals surface area contributed by atoms with Crippen LogP contribution >= 0.6 is 11.8 Å². The number of carbonyl (C=O) groups excluding carboxylic acids is 1. The monoisotopic (exact) mass is 325 g/mol. The van der Waals surface area contributed by atoms with Crippen molar-refractivity contribution in [2.45, 2.75) is 62.9 Å². The van der Waals surface area contributed by atoms with Gasteiger partial charge < -0.3 is 10.6 Å². The minimum absolute atomic E-state index is 0.246. The highest BCUT2D eigenvalue weighted by Crippen LogP contribution is 2.34. The summed E-state index contributed by atoms with van der Waals surface area (Å²) in [6, 6.07) is 0.411. The minimum Gasteiger partial charge on any atom is -0.354 e. The first-order valence-electron chi connectivity index (χ1n) is 9.11. The Labute approximate surface area is 139 Å². The molecule has 0 radical (unpaired) electrons. The Balaban J connectivity index is 1.53. The van der Waals surface area contributed by atoms with Gasteiger partial charge in [-0.25, -0.2) is 0 Å². The summed E-state index contributed by atoms with van der Waals surface area (Å²) in [5, 5.41) is 6.71. The Morgan fingerprint density at radius 2 is 1.95 bits per heavy atom. The Hall–Kier alpha value is -0.260. The number of hydrogen-bond donors (Lipinski definition) is 2. The van der Waals surface area contributed by atoms with E-state index in [0.29, 0.717) is 12.5 Å². The summed E-state index contributed by atoms with van der Waals surface area (Å²) in [5.41, 5.74) is 0.248. The molecular weight excluding hydrogens is 294 g/mol. The SMILES string of the molecule is O=C(CC1CCCN1)NCC1(N2CCSCC2)CCCCC1. The van der Waals surface area contributed by atoms with E-state index in [9.17, 15) is 4.79 Å². The molecule has 4 nitrogen and oxygen atoms in total. The van der Waals surface area contributed by atoms with Gasteiger partial charge in [0.2, 0.25) is 5.91 Å². The Morgan fingerprint density at radius 1 is 1.18 bits per heavy atom. The van der Waals surface area contributed by atoms with Crippen molar-refractivity contribution in [3.05, 3.63) is 0 Å². The number of rotatable bonds is 5. The van der Waals surface area contributed by atoms with Crippen molar-refractivity contribution in [3.63, 3.8) is 0 Å². The number of thioether (sulfide) groups is 1. The molecule has 126 valence electrons. The maximum Gasteiger partial charge on any atom is 0.221 e. The van der Waals surface area contributed by atoms with E-state index in [-0.39, 0.29) is 11.4 Å². The van der Waals surface area contributed by atoms with E-state index in [1.54, 1.807) is 0 Å². The molecule has 1 atom stereocenters. The van der Waals surface area contributed by atoms with Gasteiger partial charge in [0.15, 0.2) is 0 Å². The molecule has 3 rings (SSSR count). The van der Waals surface area contributed by atoms with Gasteiger partial charge in [0.1, 0.15) is 0 Å². The van der Waals surface area contributed by atoms with Crippen LogP contribution in [0.5, 0.6) is 0 Å². The first-order valence-corrected chi connectivity index (χ1v) is 10.3. The minimum atomic E-state index is 0.246. The summed E-state index contributed by atoms with van der Waals surface area (Å²) in [4.78, 5) is 15.0. The topological polar surface area (TPSA) is 44.4 Å². The van der Waals surface area contributed by atoms with E-state index in [1.807, 2.05) is 0 Å². The lowest BCUT2D eigenvalue weighted by atomic mass is 9.80. The molecule has 2 aliphatic heterocycles. The third kappa shape index (κ3) is 4.18. The van der Waals surface area contributed by atoms with Crippen LogP contribution in [0.1, 0.15) is 51.4 Å². The zero-order valence-electron chi connectivity index (χ0n) is 13.7. The molecule has 2 saturated heterocycles. The highest BCUT2D eigenvalue weighted by molar-refractivity contribution is 7.99. The van der Waals surface area contributed by atoms with Crippen LogP contribution in [0.4, 0.5) is 0 Å². The van der Waals surface area contributed by atoms with Crippen LogP contribution in [0, 0.1) is 0 Å². The highest BCUT2D eigenvalue weighted by atomic mass is 32.2. The first-order chi connectivity index (χ1) is 10.8. The van der Waals surface area contributed by atoms with Gasteiger partial charge in [0.25, 0.3) is 0 Å². The van der Waals surface area contributed by atoms with Crippen molar-refractivity contribution >= 4 is 17.7 Å². The van der Waals surface area contributed by atoms with Gasteiger partial charge in [-0.1, -0.05) is 19.3 Å². The van der Waals surface area contributed by atoms with Gasteiger partial charge in [-0.3, -0.25) is 9.69 Å². The first kappa shape index (κ1) is 16.6. The maximum atomic E-state index is 12.3. The highest BCUT2D eigenvalue weighted by Gasteiger charge is 2.38. The molecule has 1 saturated carbocycles. The van der Waals surface area contributed by atoms with Crippen molar-refractivity contribution in [1.29, 1.82) is 0 Å². The maximum absolute atomic E-state index is 12.3. The predicted octanol–water partition coefficient (Wildman–Crippen LogP) is 2.00. The Morgan fingerprint density at radius 3 is 2.64 bits per heavy atom. The van der Waals surface area contributed by atoms with E-state index in [1.165, 1.54) is 63.1 Å². The fourth-order valence-corrected chi connectivity index (χ4v) is 5.25. The van der Waals surface area contributed by atoms with Crippen molar-refractivity contribution < 1.29 is 4.79 Å². The molecule has 1 aliphatic carbocycles. The Bertz CT molecular complexity index is 359. The number of amides is 1. The zero-order chi connectivity index (χ0) is 15.3. The van der Waals surface area contributed by atoms with Crippen LogP contribution in [-0.2, 0) is 4.79 Å². The fourth-order valence-electron chi connectivity index (χ4n) is 4.34. The number of hydrogen-bond acceptors (Lipinski definition) is 4. The van der Waals surface area contributed by atoms with Gasteiger partial charge in [-0.15, -0.1) is 0 Å². The van der Waals surface area contributed by atoms with Crippen molar-refractivity contribution in [2.75, 3.05) is 37.7 Å². The van der Waals surface area contributed by atoms with Crippen LogP contribution in [0.3, 0.4) is 0 Å². The average molecular weight is 326 g/mol. The molecule has 5 heteroatoms. The molecule has 22 heavy (non-hydrogen) atoms. The predicted molar refractivity (Wildman–Crippen MR) is 93.4 cm³/mol. The van der Waals surface area contributed by atoms with Gasteiger partial charge >= 0.3 is 0 Å². The van der Waals surface area contributed by atoms with Crippen LogP contribution in [0.25, 0.3) is 0 Å². The second-order valence-corrected chi connectivity index (χ2v) is 8.38. The molecule has 3 fully saturated rings. The summed E-state index contributed by atoms with van der Waals surface area (Å²) in [5.74, 6) is 2.75. The quantitative estimate of drug-likeness (QED) is 0.811. The van der Waals surface area contributed by atoms with E-state index in [2.05, 4.69) is 27.3 Å². The second kappa shape index (κ2) is 8.02. The number of carbonyl (C=O) groups is 1. The van der Waals surface area contributed by atoms with Crippen molar-refractivity contribution in [2.24, 2.45) is 0 Å². The van der Waals surface area contributed by atoms with Gasteiger partial charge in [0, 0.05) is 49.1 Å². The summed E-state index contributed by atoms with van der Waals surface area (Å²) in [7, 11) is 0. The normalized spacial score (nSPS) is 29.4. The van der Waals surface area contributed by atoms with Gasteiger partial charge in [-0.05, 0) is 32.2 Å². The van der Waals surface area contributed by atoms with Crippen LogP contribution in [-0.4, -0.2) is 60.1 Å². The lowest BCUT2D eigenvalue weighted by Gasteiger charge is -2.48. The molecule has 2 heterocycles. The molecule has 1 amide bonds. The van der Waals surface area contributed by atoms with Crippen molar-refractivity contribution in [3.8, 4) is 0 Å². The standard InChI is InChI=1S/C17H31N3OS/c21-16(13-15-5-4-8-18-15)19-14-17(6-2-1-3-7-17)20-9-11-22-12-10-20/h15,18H,1-14H2,(H,19,21). The molecule has 0 aromatic carbocycles. The lowest BCUT2D eigenvalue weighted by Crippen LogP contribution is -2.59. The molecule has 1 unspecified atom stereocenters. The third-order valence-electron chi connectivity index (χ3n) is 5.67. The number of nitrogens with one attached hydrogen (secondary N) is 2. The molecule has 0 aromatic rings. The zero-order valence-corrected chi connectivity index (χ0v) is 14.6. The number of nitrogens with zero attached hydrogens (tertiary/aromatic N) is 1. The van der Waals surface area contributed by atoms with E-state index in [4.69, 9.17) is 0 Å². The Kier molecular flexibility index (Phi) is 6.05. The summed E-state index contributed by atoms with van der Waals surface area (Å²) in [6.07, 6.45) is 9.57. The van der Waals surface area contributed by atoms with E-state index >= 15 is 0 Å². The van der Waals surface area contributed by atoms with Gasteiger partial charge in [0.05, 0.1) is 0 Å². The van der Waals surface area contributed by atoms with E-state index < -0.39 is 0 Å². The smallest absolute Gasteiger partial charge is 0.221 e. The van der Waals surface area contributed by atoms with Crippen LogP contribution < -0.4 is 10.6 Å². The fraction of sp³-hybridized carbons (Fsp3) is 0.941. The summed E-state index contributed by atoms with van der Waals surface area (Å²) in [6.45, 7) is 4.34. The molecule has 2 N–H and O–H groups in total. The van der Waals surface area contributed by atoms with Crippen LogP contribution in [0.2, 0.25) is 0 Å². The lowest BCUT2D eigenvalue weighted by molar-refractivity contribution is -0.122. The van der Waals surface area contributed by atoms with Crippen LogP contribution in [0.15, 0.2) is 0 Å². The summed E-state index contributed by atoms with van der Waals surface area (Å²) >= 11 is 2.07. The average Bonchev–Trinajstić information content (AvgIpc) is 3.08. The summed E-state index contributed by atoms with van der Waals surface area (Å²) < 4.78 is 0. The molecular formula is C17H31N3OS. The molecule has 0 aromatic heterocycles. The van der Waals surface area contributed by atoms with E-state index in [0.717, 1.165) is 19.5 Å². The molecule has 0 bridgehead atoms. The molecule has 0 spiro atoms. The largest absolute Gasteiger partial charge is 0.354 e. The van der Waals surface area contributed by atoms with Gasteiger partial charge in [-0.2, -0.15) is 11.8 Å². The second-order valence-electron chi connectivity index (χ2n) is 7.16. The third-order valence-corrected chi connectivity index (χ3v) is 6.62. The molecule has 3 aliphatic rings. The van der Waals surface area contributed by atoms with Crippen molar-refractivity contribution in [1.82, 2.24) is 15.5 Å².